The fraction of sp³-hybridized carbons (Fsp3) is 0.348. The molecule has 162 valence electrons. The van der Waals surface area contributed by atoms with E-state index < -0.39 is 12.1 Å². The van der Waals surface area contributed by atoms with Crippen LogP contribution in [-0.4, -0.2) is 52.0 Å². The molecule has 1 aromatic carbocycles. The number of carbonyl (C=O) groups excluding carboxylic acids is 3. The van der Waals surface area contributed by atoms with Crippen molar-refractivity contribution in [2.45, 2.75) is 37.5 Å². The Morgan fingerprint density at radius 1 is 1.16 bits per heavy atom. The minimum absolute atomic E-state index is 0.0976. The molecule has 0 aliphatic carbocycles. The van der Waals surface area contributed by atoms with Crippen LogP contribution in [0.5, 0.6) is 0 Å². The van der Waals surface area contributed by atoms with E-state index in [0.29, 0.717) is 24.6 Å². The third-order valence-corrected chi connectivity index (χ3v) is 7.52. The van der Waals surface area contributed by atoms with Crippen molar-refractivity contribution in [3.63, 3.8) is 0 Å². The van der Waals surface area contributed by atoms with Gasteiger partial charge in [-0.1, -0.05) is 38.1 Å². The molecule has 4 amide bonds. The first-order valence-corrected chi connectivity index (χ1v) is 12.1. The van der Waals surface area contributed by atoms with E-state index in [1.165, 1.54) is 27.1 Å². The minimum atomic E-state index is -0.403. The van der Waals surface area contributed by atoms with Gasteiger partial charge in [0.05, 0.1) is 6.04 Å². The average Bonchev–Trinajstić information content (AvgIpc) is 3.43. The molecule has 6 nitrogen and oxygen atoms in total. The second kappa shape index (κ2) is 9.28. The molecule has 1 saturated heterocycles. The molecular formula is C23H25N3O3S2. The summed E-state index contributed by atoms with van der Waals surface area (Å²) < 4.78 is 0. The molecule has 2 aliphatic heterocycles. The lowest BCUT2D eigenvalue weighted by Crippen LogP contribution is -2.63. The number of nitrogens with one attached hydrogen (secondary N) is 1. The van der Waals surface area contributed by atoms with Crippen molar-refractivity contribution in [1.82, 2.24) is 9.80 Å². The Morgan fingerprint density at radius 3 is 2.61 bits per heavy atom. The van der Waals surface area contributed by atoms with Gasteiger partial charge in [0.2, 0.25) is 11.8 Å². The number of amides is 4. The number of rotatable bonds is 7. The Hall–Kier alpha value is -2.58. The third kappa shape index (κ3) is 4.70. The molecule has 0 saturated carbocycles. The van der Waals surface area contributed by atoms with Crippen molar-refractivity contribution in [2.75, 3.05) is 18.4 Å². The molecule has 0 radical (unpaired) electrons. The molecular weight excluding hydrogens is 430 g/mol. The van der Waals surface area contributed by atoms with Gasteiger partial charge in [-0.3, -0.25) is 14.5 Å². The molecule has 1 aromatic heterocycles. The van der Waals surface area contributed by atoms with Gasteiger partial charge in [-0.15, -0.1) is 23.1 Å². The van der Waals surface area contributed by atoms with E-state index in [0.717, 1.165) is 4.88 Å². The van der Waals surface area contributed by atoms with Gasteiger partial charge in [0.15, 0.2) is 0 Å². The summed E-state index contributed by atoms with van der Waals surface area (Å²) in [7, 11) is 0. The van der Waals surface area contributed by atoms with Crippen molar-refractivity contribution in [3.05, 3.63) is 63.7 Å². The predicted molar refractivity (Wildman–Crippen MR) is 125 cm³/mol. The highest BCUT2D eigenvalue weighted by molar-refractivity contribution is 8.03. The average molecular weight is 456 g/mol. The monoisotopic (exact) mass is 455 g/mol. The van der Waals surface area contributed by atoms with E-state index in [1.807, 2.05) is 53.3 Å². The fourth-order valence-corrected chi connectivity index (χ4v) is 5.52. The van der Waals surface area contributed by atoms with Crippen LogP contribution < -0.4 is 5.32 Å². The van der Waals surface area contributed by atoms with Gasteiger partial charge in [0, 0.05) is 17.1 Å². The maximum atomic E-state index is 13.2. The Labute approximate surface area is 190 Å². The predicted octanol–water partition coefficient (Wildman–Crippen LogP) is 4.31. The number of benzene rings is 1. The molecule has 2 aliphatic rings. The third-order valence-electron chi connectivity index (χ3n) is 5.49. The smallest absolute Gasteiger partial charge is 0.325 e. The van der Waals surface area contributed by atoms with E-state index >= 15 is 0 Å². The maximum Gasteiger partial charge on any atom is 0.327 e. The number of hydrogen-bond acceptors (Lipinski definition) is 5. The summed E-state index contributed by atoms with van der Waals surface area (Å²) in [6, 6.07) is 10.9. The van der Waals surface area contributed by atoms with Crippen LogP contribution in [0.3, 0.4) is 0 Å². The molecule has 1 N–H and O–H groups in total. The number of urea groups is 1. The van der Waals surface area contributed by atoms with Crippen LogP contribution in [0.15, 0.2) is 53.3 Å². The highest BCUT2D eigenvalue weighted by atomic mass is 32.2. The van der Waals surface area contributed by atoms with Crippen molar-refractivity contribution < 1.29 is 14.4 Å². The van der Waals surface area contributed by atoms with Crippen LogP contribution in [0.25, 0.3) is 0 Å². The van der Waals surface area contributed by atoms with Crippen molar-refractivity contribution >= 4 is 46.6 Å². The van der Waals surface area contributed by atoms with Gasteiger partial charge >= 0.3 is 6.03 Å². The zero-order valence-corrected chi connectivity index (χ0v) is 19.1. The summed E-state index contributed by atoms with van der Waals surface area (Å²) in [4.78, 5) is 42.7. The van der Waals surface area contributed by atoms with Crippen LogP contribution in [0.2, 0.25) is 0 Å². The van der Waals surface area contributed by atoms with E-state index in [1.54, 1.807) is 11.3 Å². The number of hydrogen-bond donors (Lipinski definition) is 1. The number of anilines is 1. The number of thioether (sulfide) groups is 1. The molecule has 1 fully saturated rings. The first-order chi connectivity index (χ1) is 14.9. The number of fused-ring (bicyclic) bond motifs is 1. The normalized spacial score (nSPS) is 20.5. The van der Waals surface area contributed by atoms with Crippen LogP contribution in [0.4, 0.5) is 10.5 Å². The van der Waals surface area contributed by atoms with Crippen LogP contribution in [0.1, 0.15) is 30.2 Å². The number of carbonyl (C=O) groups is 3. The Morgan fingerprint density at radius 2 is 1.94 bits per heavy atom. The van der Waals surface area contributed by atoms with Gasteiger partial charge in [-0.2, -0.15) is 0 Å². The van der Waals surface area contributed by atoms with Crippen molar-refractivity contribution in [3.8, 4) is 0 Å². The van der Waals surface area contributed by atoms with E-state index in [2.05, 4.69) is 19.2 Å². The Balaban J connectivity index is 1.44. The van der Waals surface area contributed by atoms with Gasteiger partial charge < -0.3 is 10.2 Å². The zero-order valence-electron chi connectivity index (χ0n) is 17.5. The fourth-order valence-electron chi connectivity index (χ4n) is 3.76. The molecule has 31 heavy (non-hydrogen) atoms. The number of imide groups is 1. The first-order valence-electron chi connectivity index (χ1n) is 10.3. The highest BCUT2D eigenvalue weighted by Gasteiger charge is 2.47. The summed E-state index contributed by atoms with van der Waals surface area (Å²) in [5.41, 5.74) is 1.89. The Bertz CT molecular complexity index is 986. The van der Waals surface area contributed by atoms with E-state index in [4.69, 9.17) is 0 Å². The SMILES string of the molecule is CC(C)c1ccc(NC(=O)CN2C(=O)N(CCc3cccs3)C(=O)C3SC=CC32)cc1. The highest BCUT2D eigenvalue weighted by Crippen LogP contribution is 2.34. The lowest BCUT2D eigenvalue weighted by atomic mass is 10.0. The topological polar surface area (TPSA) is 69.7 Å². The molecule has 2 aromatic rings. The lowest BCUT2D eigenvalue weighted by Gasteiger charge is -2.40. The van der Waals surface area contributed by atoms with Crippen LogP contribution in [0, 0.1) is 0 Å². The summed E-state index contributed by atoms with van der Waals surface area (Å²) >= 11 is 3.01. The second-order valence-electron chi connectivity index (χ2n) is 7.93. The van der Waals surface area contributed by atoms with Crippen molar-refractivity contribution in [2.24, 2.45) is 0 Å². The molecule has 0 bridgehead atoms. The molecule has 3 heterocycles. The van der Waals surface area contributed by atoms with Gasteiger partial charge in [-0.05, 0) is 46.9 Å². The molecule has 0 spiro atoms. The summed E-state index contributed by atoms with van der Waals surface area (Å²) in [6.45, 7) is 4.45. The van der Waals surface area contributed by atoms with E-state index in [-0.39, 0.29) is 23.6 Å². The molecule has 2 atom stereocenters. The largest absolute Gasteiger partial charge is 0.327 e. The summed E-state index contributed by atoms with van der Waals surface area (Å²) in [5, 5.41) is 6.31. The summed E-state index contributed by atoms with van der Waals surface area (Å²) in [5.74, 6) is -0.0400. The second-order valence-corrected chi connectivity index (χ2v) is 10.0. The van der Waals surface area contributed by atoms with Gasteiger partial charge in [-0.25, -0.2) is 4.79 Å². The molecule has 2 unspecified atom stereocenters. The van der Waals surface area contributed by atoms with Gasteiger partial charge in [0.25, 0.3) is 0 Å². The van der Waals surface area contributed by atoms with Gasteiger partial charge in [0.1, 0.15) is 11.8 Å². The number of thiophene rings is 1. The maximum absolute atomic E-state index is 13.2. The molecule has 8 heteroatoms. The zero-order chi connectivity index (χ0) is 22.0. The van der Waals surface area contributed by atoms with E-state index in [9.17, 15) is 14.4 Å². The van der Waals surface area contributed by atoms with Crippen LogP contribution >= 0.6 is 23.1 Å². The van der Waals surface area contributed by atoms with Crippen molar-refractivity contribution in [1.29, 1.82) is 0 Å². The lowest BCUT2D eigenvalue weighted by molar-refractivity contribution is -0.132. The first kappa shape index (κ1) is 21.6. The number of nitrogens with zero attached hydrogens (tertiary/aromatic N) is 2. The Kier molecular flexibility index (Phi) is 6.48. The summed E-state index contributed by atoms with van der Waals surface area (Å²) in [6.07, 6.45) is 2.46. The standard InChI is InChI=1S/C23H25N3O3S2/c1-15(2)16-5-7-17(8-6-16)24-20(27)14-26-19-10-13-31-21(19)22(28)25(23(26)29)11-9-18-4-3-12-30-18/h3-8,10,12-13,15,19,21H,9,11,14H2,1-2H3,(H,24,27). The molecule has 4 rings (SSSR count). The minimum Gasteiger partial charge on any atom is -0.325 e. The van der Waals surface area contributed by atoms with Crippen LogP contribution in [-0.2, 0) is 16.0 Å². The quantitative estimate of drug-likeness (QED) is 0.675.